The van der Waals surface area contributed by atoms with E-state index in [0.717, 1.165) is 5.56 Å². The van der Waals surface area contributed by atoms with Gasteiger partial charge in [-0.15, -0.1) is 0 Å². The number of hydrogen-bond donors (Lipinski definition) is 1. The number of nitrogens with one attached hydrogen (secondary N) is 1. The lowest BCUT2D eigenvalue weighted by molar-refractivity contribution is -0.135. The average molecular weight is 266 g/mol. The number of rotatable bonds is 6. The fourth-order valence-electron chi connectivity index (χ4n) is 1.69. The van der Waals surface area contributed by atoms with Crippen molar-refractivity contribution in [1.82, 2.24) is 10.2 Å². The molecule has 0 aliphatic carbocycles. The van der Waals surface area contributed by atoms with E-state index in [1.54, 1.807) is 17.0 Å². The Labute approximate surface area is 112 Å². The molecule has 0 bridgehead atoms. The fraction of sp³-hybridized carbons (Fsp3) is 0.429. The number of nitrogens with zero attached hydrogens (tertiary/aromatic N) is 1. The number of benzene rings is 1. The predicted molar refractivity (Wildman–Crippen MR) is 70.8 cm³/mol. The summed E-state index contributed by atoms with van der Waals surface area (Å²) in [7, 11) is 0. The predicted octanol–water partition coefficient (Wildman–Crippen LogP) is 1.70. The van der Waals surface area contributed by atoms with Crippen LogP contribution < -0.4 is 5.32 Å². The van der Waals surface area contributed by atoms with Gasteiger partial charge in [0.05, 0.1) is 0 Å². The first-order valence-electron chi connectivity index (χ1n) is 6.35. The fourth-order valence-corrected chi connectivity index (χ4v) is 1.69. The van der Waals surface area contributed by atoms with Crippen LogP contribution in [0, 0.1) is 5.82 Å². The third-order valence-electron chi connectivity index (χ3n) is 2.83. The number of halogens is 1. The van der Waals surface area contributed by atoms with Crippen LogP contribution in [0.3, 0.4) is 0 Å². The molecule has 1 N–H and O–H groups in total. The van der Waals surface area contributed by atoms with Crippen LogP contribution in [-0.4, -0.2) is 29.8 Å². The minimum Gasteiger partial charge on any atom is -0.352 e. The number of carbonyl (C=O) groups excluding carboxylic acids is 2. The second-order valence-electron chi connectivity index (χ2n) is 4.15. The molecule has 0 aliphatic rings. The molecule has 19 heavy (non-hydrogen) atoms. The van der Waals surface area contributed by atoms with Crippen molar-refractivity contribution < 1.29 is 14.0 Å². The first-order chi connectivity index (χ1) is 9.06. The van der Waals surface area contributed by atoms with E-state index >= 15 is 0 Å². The molecule has 0 fully saturated rings. The van der Waals surface area contributed by atoms with Gasteiger partial charge in [0.2, 0.25) is 11.8 Å². The maximum Gasteiger partial charge on any atom is 0.231 e. The molecular weight excluding hydrogens is 247 g/mol. The van der Waals surface area contributed by atoms with Gasteiger partial charge in [0.25, 0.3) is 0 Å². The molecule has 0 aliphatic heterocycles. The van der Waals surface area contributed by atoms with Gasteiger partial charge in [-0.25, -0.2) is 4.39 Å². The molecule has 2 amide bonds. The molecule has 4 nitrogen and oxygen atoms in total. The second-order valence-corrected chi connectivity index (χ2v) is 4.15. The highest BCUT2D eigenvalue weighted by atomic mass is 19.1. The first kappa shape index (κ1) is 15.1. The molecular formula is C14H19FN2O2. The van der Waals surface area contributed by atoms with Crippen LogP contribution in [-0.2, 0) is 16.1 Å². The van der Waals surface area contributed by atoms with Crippen molar-refractivity contribution >= 4 is 11.8 Å². The van der Waals surface area contributed by atoms with E-state index in [1.165, 1.54) is 12.1 Å². The first-order valence-corrected chi connectivity index (χ1v) is 6.35. The normalized spacial score (nSPS) is 10.1. The third-order valence-corrected chi connectivity index (χ3v) is 2.83. The number of carbonyl (C=O) groups is 2. The van der Waals surface area contributed by atoms with Gasteiger partial charge in [-0.2, -0.15) is 0 Å². The molecule has 0 unspecified atom stereocenters. The maximum atomic E-state index is 12.7. The summed E-state index contributed by atoms with van der Waals surface area (Å²) in [6.07, 6.45) is -0.150. The zero-order chi connectivity index (χ0) is 14.3. The Kier molecular flexibility index (Phi) is 5.99. The van der Waals surface area contributed by atoms with Crippen molar-refractivity contribution in [2.45, 2.75) is 26.8 Å². The molecule has 0 radical (unpaired) electrons. The van der Waals surface area contributed by atoms with Gasteiger partial charge < -0.3 is 10.2 Å². The highest BCUT2D eigenvalue weighted by Gasteiger charge is 2.14. The zero-order valence-corrected chi connectivity index (χ0v) is 11.3. The molecule has 1 aromatic carbocycles. The molecule has 0 aromatic heterocycles. The lowest BCUT2D eigenvalue weighted by atomic mass is 10.2. The molecule has 0 saturated carbocycles. The second kappa shape index (κ2) is 7.51. The van der Waals surface area contributed by atoms with E-state index in [9.17, 15) is 14.0 Å². The number of hydrogen-bond acceptors (Lipinski definition) is 2. The molecule has 0 saturated heterocycles. The van der Waals surface area contributed by atoms with Gasteiger partial charge in [-0.05, 0) is 31.5 Å². The van der Waals surface area contributed by atoms with E-state index in [0.29, 0.717) is 19.6 Å². The Morgan fingerprint density at radius 2 is 1.74 bits per heavy atom. The molecule has 0 atom stereocenters. The summed E-state index contributed by atoms with van der Waals surface area (Å²) in [5.74, 6) is -0.811. The average Bonchev–Trinajstić information content (AvgIpc) is 2.39. The van der Waals surface area contributed by atoms with Crippen molar-refractivity contribution in [2.75, 3.05) is 13.1 Å². The zero-order valence-electron chi connectivity index (χ0n) is 11.3. The van der Waals surface area contributed by atoms with Gasteiger partial charge in [-0.1, -0.05) is 12.1 Å². The summed E-state index contributed by atoms with van der Waals surface area (Å²) in [5.41, 5.74) is 0.796. The lowest BCUT2D eigenvalue weighted by Crippen LogP contribution is -2.35. The van der Waals surface area contributed by atoms with Crippen LogP contribution in [0.25, 0.3) is 0 Å². The van der Waals surface area contributed by atoms with E-state index in [2.05, 4.69) is 5.32 Å². The van der Waals surface area contributed by atoms with Crippen LogP contribution in [0.1, 0.15) is 25.8 Å². The highest BCUT2D eigenvalue weighted by molar-refractivity contribution is 5.96. The quantitative estimate of drug-likeness (QED) is 0.797. The van der Waals surface area contributed by atoms with Crippen LogP contribution in [0.15, 0.2) is 24.3 Å². The largest absolute Gasteiger partial charge is 0.352 e. The molecule has 5 heteroatoms. The van der Waals surface area contributed by atoms with Gasteiger partial charge in [0.1, 0.15) is 12.2 Å². The summed E-state index contributed by atoms with van der Waals surface area (Å²) in [4.78, 5) is 24.9. The third kappa shape index (κ3) is 5.07. The topological polar surface area (TPSA) is 49.4 Å². The smallest absolute Gasteiger partial charge is 0.231 e. The van der Waals surface area contributed by atoms with Crippen LogP contribution in [0.4, 0.5) is 4.39 Å². The van der Waals surface area contributed by atoms with Gasteiger partial charge in [-0.3, -0.25) is 9.59 Å². The number of amides is 2. The van der Waals surface area contributed by atoms with Crippen molar-refractivity contribution in [3.63, 3.8) is 0 Å². The van der Waals surface area contributed by atoms with Gasteiger partial charge >= 0.3 is 0 Å². The summed E-state index contributed by atoms with van der Waals surface area (Å²) in [5, 5.41) is 2.64. The minimum atomic E-state index is -0.318. The Hall–Kier alpha value is -1.91. The maximum absolute atomic E-state index is 12.7. The van der Waals surface area contributed by atoms with Crippen LogP contribution in [0.5, 0.6) is 0 Å². The Morgan fingerprint density at radius 1 is 1.16 bits per heavy atom. The summed E-state index contributed by atoms with van der Waals surface area (Å²) in [6, 6.07) is 5.87. The van der Waals surface area contributed by atoms with E-state index in [4.69, 9.17) is 0 Å². The molecule has 104 valence electrons. The Bertz CT molecular complexity index is 428. The molecule has 0 spiro atoms. The lowest BCUT2D eigenvalue weighted by Gasteiger charge is -2.18. The van der Waals surface area contributed by atoms with Crippen LogP contribution in [0.2, 0.25) is 0 Å². The Balaban J connectivity index is 2.39. The van der Waals surface area contributed by atoms with Crippen molar-refractivity contribution in [3.05, 3.63) is 35.6 Å². The minimum absolute atomic E-state index is 0.150. The van der Waals surface area contributed by atoms with E-state index in [1.807, 2.05) is 13.8 Å². The summed E-state index contributed by atoms with van der Waals surface area (Å²) < 4.78 is 12.7. The van der Waals surface area contributed by atoms with Crippen molar-refractivity contribution in [2.24, 2.45) is 0 Å². The van der Waals surface area contributed by atoms with E-state index in [-0.39, 0.29) is 24.1 Å². The summed E-state index contributed by atoms with van der Waals surface area (Å²) in [6.45, 7) is 5.24. The van der Waals surface area contributed by atoms with Crippen molar-refractivity contribution in [3.8, 4) is 0 Å². The van der Waals surface area contributed by atoms with Crippen molar-refractivity contribution in [1.29, 1.82) is 0 Å². The molecule has 1 aromatic rings. The van der Waals surface area contributed by atoms with Gasteiger partial charge in [0.15, 0.2) is 0 Å². The van der Waals surface area contributed by atoms with Gasteiger partial charge in [0, 0.05) is 19.6 Å². The SMILES string of the molecule is CCN(CC)C(=O)CC(=O)NCc1ccc(F)cc1. The Morgan fingerprint density at radius 3 is 2.26 bits per heavy atom. The molecule has 0 heterocycles. The standard InChI is InChI=1S/C14H19FN2O2/c1-3-17(4-2)14(19)9-13(18)16-10-11-5-7-12(15)8-6-11/h5-8H,3-4,9-10H2,1-2H3,(H,16,18). The van der Waals surface area contributed by atoms with Crippen LogP contribution >= 0.6 is 0 Å². The monoisotopic (exact) mass is 266 g/mol. The van der Waals surface area contributed by atoms with E-state index < -0.39 is 0 Å². The molecule has 1 rings (SSSR count). The summed E-state index contributed by atoms with van der Waals surface area (Å²) >= 11 is 0. The highest BCUT2D eigenvalue weighted by Crippen LogP contribution is 2.02.